The van der Waals surface area contributed by atoms with Gasteiger partial charge in [-0.05, 0) is 30.2 Å². The maximum absolute atomic E-state index is 12.0. The molecule has 20 heavy (non-hydrogen) atoms. The number of likely N-dealkylation sites (tertiary alicyclic amines) is 1. The molecule has 3 nitrogen and oxygen atoms in total. The number of carbonyl (C=O) groups is 1. The number of hydrogen-bond acceptors (Lipinski definition) is 3. The van der Waals surface area contributed by atoms with Crippen LogP contribution in [0.2, 0.25) is 0 Å². The van der Waals surface area contributed by atoms with Crippen LogP contribution >= 0.6 is 0 Å². The molecule has 0 unspecified atom stereocenters. The van der Waals surface area contributed by atoms with E-state index in [2.05, 4.69) is 39.6 Å². The Hall–Kier alpha value is -1.35. The van der Waals surface area contributed by atoms with E-state index in [9.17, 15) is 4.79 Å². The Balaban J connectivity index is 1.93. The van der Waals surface area contributed by atoms with E-state index in [1.807, 2.05) is 24.3 Å². The third kappa shape index (κ3) is 3.40. The zero-order valence-corrected chi connectivity index (χ0v) is 13.2. The average Bonchev–Trinajstić information content (AvgIpc) is 2.33. The Morgan fingerprint density at radius 2 is 1.80 bits per heavy atom. The van der Waals surface area contributed by atoms with Crippen LogP contribution in [0.5, 0.6) is 0 Å². The monoisotopic (exact) mass is 275 g/mol. The van der Waals surface area contributed by atoms with Crippen molar-refractivity contribution in [1.29, 1.82) is 0 Å². The van der Waals surface area contributed by atoms with Crippen LogP contribution in [0.1, 0.15) is 43.6 Å². The van der Waals surface area contributed by atoms with Gasteiger partial charge in [-0.3, -0.25) is 0 Å². The maximum Gasteiger partial charge on any atom is 0.338 e. The normalized spacial score (nSPS) is 18.4. The molecule has 0 aromatic heterocycles. The first-order valence-corrected chi connectivity index (χ1v) is 7.16. The SMILES string of the molecule is CN1CC(C)(COC(=O)c2ccc(C(C)(C)C)cc2)C1. The van der Waals surface area contributed by atoms with Crippen LogP contribution < -0.4 is 0 Å². The molecular formula is C17H25NO2. The number of ether oxygens (including phenoxy) is 1. The molecule has 1 fully saturated rings. The van der Waals surface area contributed by atoms with Gasteiger partial charge >= 0.3 is 5.97 Å². The minimum atomic E-state index is -0.221. The molecule has 0 amide bonds. The van der Waals surface area contributed by atoms with Crippen molar-refractivity contribution >= 4 is 5.97 Å². The predicted molar refractivity (Wildman–Crippen MR) is 81.0 cm³/mol. The molecule has 0 N–H and O–H groups in total. The summed E-state index contributed by atoms with van der Waals surface area (Å²) in [5.41, 5.74) is 2.08. The second kappa shape index (κ2) is 5.21. The molecule has 3 heteroatoms. The maximum atomic E-state index is 12.0. The first kappa shape index (κ1) is 15.0. The van der Waals surface area contributed by atoms with Gasteiger partial charge in [-0.2, -0.15) is 0 Å². The largest absolute Gasteiger partial charge is 0.461 e. The van der Waals surface area contributed by atoms with E-state index in [-0.39, 0.29) is 16.8 Å². The highest BCUT2D eigenvalue weighted by molar-refractivity contribution is 5.89. The molecule has 1 heterocycles. The molecule has 0 atom stereocenters. The summed E-state index contributed by atoms with van der Waals surface area (Å²) in [5.74, 6) is -0.221. The van der Waals surface area contributed by atoms with Crippen LogP contribution in [0.25, 0.3) is 0 Å². The van der Waals surface area contributed by atoms with Crippen molar-refractivity contribution in [2.45, 2.75) is 33.1 Å². The number of nitrogens with zero attached hydrogens (tertiary/aromatic N) is 1. The number of esters is 1. The van der Waals surface area contributed by atoms with Gasteiger partial charge in [0.15, 0.2) is 0 Å². The summed E-state index contributed by atoms with van der Waals surface area (Å²) in [7, 11) is 2.08. The summed E-state index contributed by atoms with van der Waals surface area (Å²) in [5, 5.41) is 0. The number of hydrogen-bond donors (Lipinski definition) is 0. The Kier molecular flexibility index (Phi) is 3.92. The van der Waals surface area contributed by atoms with Crippen molar-refractivity contribution < 1.29 is 9.53 Å². The van der Waals surface area contributed by atoms with Crippen molar-refractivity contribution in [3.05, 3.63) is 35.4 Å². The second-order valence-corrected chi connectivity index (χ2v) is 7.39. The Morgan fingerprint density at radius 1 is 1.25 bits per heavy atom. The zero-order chi connectivity index (χ0) is 15.0. The summed E-state index contributed by atoms with van der Waals surface area (Å²) in [6.07, 6.45) is 0. The summed E-state index contributed by atoms with van der Waals surface area (Å²) < 4.78 is 5.44. The minimum Gasteiger partial charge on any atom is -0.461 e. The highest BCUT2D eigenvalue weighted by Crippen LogP contribution is 2.29. The van der Waals surface area contributed by atoms with Gasteiger partial charge in [-0.15, -0.1) is 0 Å². The Bertz CT molecular complexity index is 479. The first-order valence-electron chi connectivity index (χ1n) is 7.16. The molecule has 0 aliphatic carbocycles. The fourth-order valence-corrected chi connectivity index (χ4v) is 2.78. The van der Waals surface area contributed by atoms with Gasteiger partial charge in [-0.1, -0.05) is 39.8 Å². The summed E-state index contributed by atoms with van der Waals surface area (Å²) in [6, 6.07) is 7.74. The highest BCUT2D eigenvalue weighted by atomic mass is 16.5. The molecule has 0 spiro atoms. The van der Waals surface area contributed by atoms with Crippen molar-refractivity contribution in [3.8, 4) is 0 Å². The third-order valence-electron chi connectivity index (χ3n) is 3.84. The van der Waals surface area contributed by atoms with Crippen LogP contribution in [-0.4, -0.2) is 37.6 Å². The number of carbonyl (C=O) groups excluding carboxylic acids is 1. The second-order valence-electron chi connectivity index (χ2n) is 7.39. The predicted octanol–water partition coefficient (Wildman–Crippen LogP) is 3.09. The van der Waals surface area contributed by atoms with Crippen LogP contribution in [0.4, 0.5) is 0 Å². The van der Waals surface area contributed by atoms with E-state index in [1.165, 1.54) is 5.56 Å². The van der Waals surface area contributed by atoms with E-state index < -0.39 is 0 Å². The fourth-order valence-electron chi connectivity index (χ4n) is 2.78. The van der Waals surface area contributed by atoms with Gasteiger partial charge in [0, 0.05) is 18.5 Å². The van der Waals surface area contributed by atoms with Gasteiger partial charge in [0.1, 0.15) is 0 Å². The van der Waals surface area contributed by atoms with Crippen molar-refractivity contribution in [1.82, 2.24) is 4.90 Å². The first-order chi connectivity index (χ1) is 9.20. The quantitative estimate of drug-likeness (QED) is 0.794. The third-order valence-corrected chi connectivity index (χ3v) is 3.84. The van der Waals surface area contributed by atoms with Crippen LogP contribution in [0.3, 0.4) is 0 Å². The zero-order valence-electron chi connectivity index (χ0n) is 13.2. The van der Waals surface area contributed by atoms with Gasteiger partial charge in [0.25, 0.3) is 0 Å². The standard InChI is InChI=1S/C17H25NO2/c1-16(2,3)14-8-6-13(7-9-14)15(19)20-12-17(4)10-18(5)11-17/h6-9H,10-12H2,1-5H3. The Labute approximate surface area is 121 Å². The van der Waals surface area contributed by atoms with Gasteiger partial charge in [0.2, 0.25) is 0 Å². The van der Waals surface area contributed by atoms with Gasteiger partial charge < -0.3 is 9.64 Å². The molecule has 1 aliphatic rings. The van der Waals surface area contributed by atoms with Crippen molar-refractivity contribution in [3.63, 3.8) is 0 Å². The molecule has 2 rings (SSSR count). The molecule has 1 aliphatic heterocycles. The van der Waals surface area contributed by atoms with E-state index in [1.54, 1.807) is 0 Å². The topological polar surface area (TPSA) is 29.5 Å². The van der Waals surface area contributed by atoms with Crippen LogP contribution in [0, 0.1) is 5.41 Å². The molecule has 0 radical (unpaired) electrons. The molecular weight excluding hydrogens is 250 g/mol. The van der Waals surface area contributed by atoms with E-state index in [0.717, 1.165) is 13.1 Å². The summed E-state index contributed by atoms with van der Waals surface area (Å²) >= 11 is 0. The minimum absolute atomic E-state index is 0.104. The lowest BCUT2D eigenvalue weighted by molar-refractivity contribution is -0.0279. The number of rotatable bonds is 3. The van der Waals surface area contributed by atoms with Crippen LogP contribution in [-0.2, 0) is 10.2 Å². The van der Waals surface area contributed by atoms with Crippen molar-refractivity contribution in [2.24, 2.45) is 5.41 Å². The van der Waals surface area contributed by atoms with E-state index in [0.29, 0.717) is 12.2 Å². The molecule has 1 saturated heterocycles. The smallest absolute Gasteiger partial charge is 0.338 e. The molecule has 1 aromatic carbocycles. The van der Waals surface area contributed by atoms with E-state index >= 15 is 0 Å². The van der Waals surface area contributed by atoms with Gasteiger partial charge in [-0.25, -0.2) is 4.79 Å². The van der Waals surface area contributed by atoms with Crippen molar-refractivity contribution in [2.75, 3.05) is 26.7 Å². The van der Waals surface area contributed by atoms with Gasteiger partial charge in [0.05, 0.1) is 12.2 Å². The summed E-state index contributed by atoms with van der Waals surface area (Å²) in [6.45, 7) is 11.1. The molecule has 1 aromatic rings. The highest BCUT2D eigenvalue weighted by Gasteiger charge is 2.37. The average molecular weight is 275 g/mol. The lowest BCUT2D eigenvalue weighted by Gasteiger charge is -2.45. The lowest BCUT2D eigenvalue weighted by Crippen LogP contribution is -2.55. The lowest BCUT2D eigenvalue weighted by atomic mass is 9.83. The van der Waals surface area contributed by atoms with E-state index in [4.69, 9.17) is 4.74 Å². The number of benzene rings is 1. The molecule has 110 valence electrons. The summed E-state index contributed by atoms with van der Waals surface area (Å²) in [4.78, 5) is 14.3. The molecule has 0 saturated carbocycles. The fraction of sp³-hybridized carbons (Fsp3) is 0.588. The molecule has 0 bridgehead atoms. The Morgan fingerprint density at radius 3 is 2.25 bits per heavy atom. The van der Waals surface area contributed by atoms with Crippen LogP contribution in [0.15, 0.2) is 24.3 Å².